The highest BCUT2D eigenvalue weighted by Crippen LogP contribution is 2.44. The van der Waals surface area contributed by atoms with Crippen molar-refractivity contribution in [3.63, 3.8) is 0 Å². The summed E-state index contributed by atoms with van der Waals surface area (Å²) in [4.78, 5) is 23.2. The van der Waals surface area contributed by atoms with Crippen molar-refractivity contribution in [2.24, 2.45) is 0 Å². The van der Waals surface area contributed by atoms with Crippen molar-refractivity contribution in [3.8, 4) is 5.88 Å². The maximum atomic E-state index is 12.9. The summed E-state index contributed by atoms with van der Waals surface area (Å²) in [5, 5.41) is 0. The highest BCUT2D eigenvalue weighted by Gasteiger charge is 2.28. The Labute approximate surface area is 252 Å². The number of unbranched alkanes of at least 4 members (excludes halogenated alkanes) is 11. The maximum Gasteiger partial charge on any atom is 0.355 e. The van der Waals surface area contributed by atoms with E-state index < -0.39 is 26.3 Å². The maximum absolute atomic E-state index is 12.9. The fourth-order valence-electron chi connectivity index (χ4n) is 4.91. The van der Waals surface area contributed by atoms with E-state index in [4.69, 9.17) is 23.5 Å². The van der Waals surface area contributed by atoms with Crippen LogP contribution in [0.25, 0.3) is 11.2 Å². The van der Waals surface area contributed by atoms with Gasteiger partial charge < -0.3 is 28.4 Å². The molecule has 0 aliphatic heterocycles. The molecule has 2 rings (SSSR count). The topological polar surface area (TPSA) is 127 Å². The SMILES string of the molecule is CCCCCCCCCCCCCCC(C)OC(CC)OP(=O)(O)CO[C@H](COC)Cn1cnc2c(OC)ncnc21. The molecule has 11 nitrogen and oxygen atoms in total. The molecule has 0 aliphatic rings. The van der Waals surface area contributed by atoms with Crippen molar-refractivity contribution in [2.75, 3.05) is 27.2 Å². The van der Waals surface area contributed by atoms with E-state index in [9.17, 15) is 9.46 Å². The van der Waals surface area contributed by atoms with Gasteiger partial charge in [0.05, 0.1) is 38.8 Å². The first-order chi connectivity index (χ1) is 20.3. The second-order valence-corrected chi connectivity index (χ2v) is 12.8. The minimum atomic E-state index is -4.08. The Morgan fingerprint density at radius 3 is 2.17 bits per heavy atom. The Hall–Kier alpha value is -1.62. The van der Waals surface area contributed by atoms with Gasteiger partial charge in [0.1, 0.15) is 12.7 Å². The Morgan fingerprint density at radius 1 is 0.929 bits per heavy atom. The molecule has 0 aliphatic carbocycles. The summed E-state index contributed by atoms with van der Waals surface area (Å²) in [5.41, 5.74) is 1.09. The van der Waals surface area contributed by atoms with Crippen molar-refractivity contribution in [3.05, 3.63) is 12.7 Å². The van der Waals surface area contributed by atoms with Crippen molar-refractivity contribution < 1.29 is 32.9 Å². The van der Waals surface area contributed by atoms with Gasteiger partial charge >= 0.3 is 7.60 Å². The van der Waals surface area contributed by atoms with Gasteiger partial charge in [0.2, 0.25) is 5.88 Å². The first-order valence-corrected chi connectivity index (χ1v) is 17.6. The van der Waals surface area contributed by atoms with Crippen molar-refractivity contribution >= 4 is 18.8 Å². The molecule has 2 aromatic rings. The Morgan fingerprint density at radius 2 is 1.57 bits per heavy atom. The van der Waals surface area contributed by atoms with E-state index in [2.05, 4.69) is 21.9 Å². The Balaban J connectivity index is 1.68. The second kappa shape index (κ2) is 21.1. The van der Waals surface area contributed by atoms with Crippen LogP contribution in [-0.2, 0) is 29.8 Å². The summed E-state index contributed by atoms with van der Waals surface area (Å²) in [6.45, 7) is 6.62. The van der Waals surface area contributed by atoms with Crippen LogP contribution in [0.3, 0.4) is 0 Å². The van der Waals surface area contributed by atoms with Gasteiger partial charge in [0, 0.05) is 7.11 Å². The van der Waals surface area contributed by atoms with Gasteiger partial charge in [0.25, 0.3) is 0 Å². The molecule has 0 aromatic carbocycles. The standard InChI is InChI=1S/C30H55N4O7P/c1-6-8-9-10-11-12-13-14-15-16-17-18-19-25(3)40-27(7-2)41-42(35,36)24-39-26(21-37-4)20-34-23-33-28-29(34)31-22-32-30(28)38-5/h22-23,25-27H,6-21,24H2,1-5H3,(H,35,36)/t25?,26-,27?/m0/s1. The van der Waals surface area contributed by atoms with E-state index in [1.807, 2.05) is 13.8 Å². The predicted molar refractivity (Wildman–Crippen MR) is 165 cm³/mol. The molecule has 4 atom stereocenters. The molecule has 0 saturated carbocycles. The van der Waals surface area contributed by atoms with Crippen LogP contribution in [0.5, 0.6) is 5.88 Å². The molecule has 12 heteroatoms. The highest BCUT2D eigenvalue weighted by molar-refractivity contribution is 7.52. The van der Waals surface area contributed by atoms with Gasteiger partial charge in [-0.1, -0.05) is 90.9 Å². The van der Waals surface area contributed by atoms with Crippen LogP contribution in [0.1, 0.15) is 111 Å². The molecule has 0 bridgehead atoms. The molecule has 0 radical (unpaired) electrons. The van der Waals surface area contributed by atoms with Gasteiger partial charge in [-0.2, -0.15) is 4.98 Å². The fraction of sp³-hybridized carbons (Fsp3) is 0.833. The zero-order valence-corrected chi connectivity index (χ0v) is 27.4. The summed E-state index contributed by atoms with van der Waals surface area (Å²) in [6.07, 6.45) is 18.2. The number of imidazole rings is 1. The zero-order valence-electron chi connectivity index (χ0n) is 26.5. The second-order valence-electron chi connectivity index (χ2n) is 11.0. The number of methoxy groups -OCH3 is 2. The monoisotopic (exact) mass is 614 g/mol. The first-order valence-electron chi connectivity index (χ1n) is 15.8. The van der Waals surface area contributed by atoms with Gasteiger partial charge in [-0.05, 0) is 19.8 Å². The van der Waals surface area contributed by atoms with E-state index in [0.29, 0.717) is 30.0 Å². The summed E-state index contributed by atoms with van der Waals surface area (Å²) >= 11 is 0. The molecule has 0 fully saturated rings. The summed E-state index contributed by atoms with van der Waals surface area (Å²) in [7, 11) is -1.02. The first kappa shape index (κ1) is 36.6. The molecule has 3 unspecified atom stereocenters. The average Bonchev–Trinajstić information content (AvgIpc) is 3.39. The van der Waals surface area contributed by atoms with E-state index in [-0.39, 0.29) is 12.7 Å². The molecule has 0 saturated heterocycles. The van der Waals surface area contributed by atoms with Crippen LogP contribution in [0, 0.1) is 0 Å². The summed E-state index contributed by atoms with van der Waals surface area (Å²) in [6, 6.07) is 0. The van der Waals surface area contributed by atoms with E-state index in [1.165, 1.54) is 84.1 Å². The molecule has 2 heterocycles. The largest absolute Gasteiger partial charge is 0.479 e. The number of ether oxygens (including phenoxy) is 4. The lowest BCUT2D eigenvalue weighted by molar-refractivity contribution is -0.123. The zero-order chi connectivity index (χ0) is 30.6. The number of rotatable bonds is 26. The van der Waals surface area contributed by atoms with E-state index in [1.54, 1.807) is 18.0 Å². The third kappa shape index (κ3) is 14.2. The molecule has 0 amide bonds. The van der Waals surface area contributed by atoms with Gasteiger partial charge in [-0.15, -0.1) is 0 Å². The number of fused-ring (bicyclic) bond motifs is 1. The van der Waals surface area contributed by atoms with Gasteiger partial charge in [0.15, 0.2) is 17.5 Å². The summed E-state index contributed by atoms with van der Waals surface area (Å²) < 4.78 is 42.4. The number of hydrogen-bond donors (Lipinski definition) is 1. The minimum absolute atomic E-state index is 0.0614. The van der Waals surface area contributed by atoms with Crippen LogP contribution >= 0.6 is 7.60 Å². The number of aromatic nitrogens is 4. The molecule has 0 spiro atoms. The van der Waals surface area contributed by atoms with Crippen LogP contribution in [-0.4, -0.2) is 70.1 Å². The third-order valence-electron chi connectivity index (χ3n) is 7.25. The molecular formula is C30H55N4O7P. The number of hydrogen-bond acceptors (Lipinski definition) is 9. The molecule has 1 N–H and O–H groups in total. The van der Waals surface area contributed by atoms with Crippen molar-refractivity contribution in [2.45, 2.75) is 136 Å². The molecule has 242 valence electrons. The van der Waals surface area contributed by atoms with Crippen molar-refractivity contribution in [1.82, 2.24) is 19.5 Å². The van der Waals surface area contributed by atoms with Crippen LogP contribution < -0.4 is 4.74 Å². The van der Waals surface area contributed by atoms with E-state index >= 15 is 0 Å². The van der Waals surface area contributed by atoms with Crippen LogP contribution in [0.2, 0.25) is 0 Å². The number of nitrogens with zero attached hydrogens (tertiary/aromatic N) is 4. The van der Waals surface area contributed by atoms with Crippen LogP contribution in [0.15, 0.2) is 12.7 Å². The Bertz CT molecular complexity index is 1020. The van der Waals surface area contributed by atoms with Crippen molar-refractivity contribution in [1.29, 1.82) is 0 Å². The Kier molecular flexibility index (Phi) is 18.4. The quantitative estimate of drug-likeness (QED) is 0.0657. The van der Waals surface area contributed by atoms with Gasteiger partial charge in [-0.3, -0.25) is 9.09 Å². The third-order valence-corrected chi connectivity index (χ3v) is 8.29. The molecular weight excluding hydrogens is 559 g/mol. The highest BCUT2D eigenvalue weighted by atomic mass is 31.2. The molecule has 42 heavy (non-hydrogen) atoms. The normalized spacial score (nSPS) is 15.5. The van der Waals surface area contributed by atoms with Gasteiger partial charge in [-0.25, -0.2) is 9.97 Å². The minimum Gasteiger partial charge on any atom is -0.479 e. The lowest BCUT2D eigenvalue weighted by Crippen LogP contribution is -2.27. The van der Waals surface area contributed by atoms with E-state index in [0.717, 1.165) is 12.8 Å². The lowest BCUT2D eigenvalue weighted by Gasteiger charge is -2.25. The smallest absolute Gasteiger partial charge is 0.355 e. The average molecular weight is 615 g/mol. The fourth-order valence-corrected chi connectivity index (χ4v) is 5.94. The molecule has 2 aromatic heterocycles. The lowest BCUT2D eigenvalue weighted by atomic mass is 10.0. The summed E-state index contributed by atoms with van der Waals surface area (Å²) in [5.74, 6) is 0.370. The predicted octanol–water partition coefficient (Wildman–Crippen LogP) is 7.26. The van der Waals surface area contributed by atoms with Crippen LogP contribution in [0.4, 0.5) is 0 Å².